The second-order valence-electron chi connectivity index (χ2n) is 5.96. The largest absolute Gasteiger partial charge is 0.490 e. The molecule has 3 rings (SSSR count). The third-order valence-electron chi connectivity index (χ3n) is 3.85. The Hall–Kier alpha value is -2.80. The molecule has 0 bridgehead atoms. The summed E-state index contributed by atoms with van der Waals surface area (Å²) < 4.78 is 11.2. The van der Waals surface area contributed by atoms with Gasteiger partial charge in [0.05, 0.1) is 24.5 Å². The van der Waals surface area contributed by atoms with Crippen molar-refractivity contribution in [3.05, 3.63) is 48.3 Å². The first-order valence-electron chi connectivity index (χ1n) is 9.16. The van der Waals surface area contributed by atoms with Gasteiger partial charge < -0.3 is 14.8 Å². The number of fused-ring (bicyclic) bond motifs is 1. The molecule has 0 aliphatic rings. The van der Waals surface area contributed by atoms with Crippen LogP contribution in [0.2, 0.25) is 0 Å². The van der Waals surface area contributed by atoms with Crippen molar-refractivity contribution in [3.63, 3.8) is 0 Å². The molecule has 6 nitrogen and oxygen atoms in total. The molecule has 0 spiro atoms. The Kier molecular flexibility index (Phi) is 6.71. The van der Waals surface area contributed by atoms with Gasteiger partial charge in [0.1, 0.15) is 10.9 Å². The van der Waals surface area contributed by atoms with E-state index in [1.807, 2.05) is 45.0 Å². The maximum absolute atomic E-state index is 12.4. The number of rotatable bonds is 8. The van der Waals surface area contributed by atoms with Crippen molar-refractivity contribution >= 4 is 34.3 Å². The molecule has 0 saturated carbocycles. The van der Waals surface area contributed by atoms with E-state index >= 15 is 0 Å². The summed E-state index contributed by atoms with van der Waals surface area (Å²) in [6.07, 6.45) is 0. The number of aryl methyl sites for hydroxylation is 1. The zero-order valence-corrected chi connectivity index (χ0v) is 17.0. The molecule has 146 valence electrons. The predicted molar refractivity (Wildman–Crippen MR) is 112 cm³/mol. The summed E-state index contributed by atoms with van der Waals surface area (Å²) in [5, 5.41) is 4.66. The van der Waals surface area contributed by atoms with Crippen molar-refractivity contribution < 1.29 is 14.3 Å². The molecule has 1 heterocycles. The van der Waals surface area contributed by atoms with Gasteiger partial charge in [0, 0.05) is 17.1 Å². The summed E-state index contributed by atoms with van der Waals surface area (Å²) in [7, 11) is 0. The molecule has 0 unspecified atom stereocenters. The lowest BCUT2D eigenvalue weighted by molar-refractivity contribution is -0.113. The lowest BCUT2D eigenvalue weighted by atomic mass is 10.2. The second-order valence-corrected chi connectivity index (χ2v) is 6.92. The van der Waals surface area contributed by atoms with Gasteiger partial charge in [-0.05, 0) is 39.0 Å². The van der Waals surface area contributed by atoms with Crippen molar-refractivity contribution in [2.75, 3.05) is 24.3 Å². The fraction of sp³-hybridized carbons (Fsp3) is 0.286. The van der Waals surface area contributed by atoms with Crippen LogP contribution < -0.4 is 14.8 Å². The van der Waals surface area contributed by atoms with Crippen LogP contribution >= 0.6 is 11.8 Å². The number of ether oxygens (including phenoxy) is 2. The van der Waals surface area contributed by atoms with Gasteiger partial charge >= 0.3 is 0 Å². The Morgan fingerprint density at radius 2 is 1.79 bits per heavy atom. The van der Waals surface area contributed by atoms with E-state index < -0.39 is 0 Å². The van der Waals surface area contributed by atoms with Crippen molar-refractivity contribution in [3.8, 4) is 11.5 Å². The smallest absolute Gasteiger partial charge is 0.234 e. The number of benzene rings is 2. The molecule has 0 atom stereocenters. The van der Waals surface area contributed by atoms with Gasteiger partial charge in [-0.3, -0.25) is 4.79 Å². The number of carbonyl (C=O) groups excluding carboxylic acids is 1. The van der Waals surface area contributed by atoms with E-state index in [4.69, 9.17) is 9.47 Å². The maximum atomic E-state index is 12.4. The van der Waals surface area contributed by atoms with Crippen LogP contribution in [0.5, 0.6) is 11.5 Å². The number of hydrogen-bond donors (Lipinski definition) is 1. The Bertz CT molecular complexity index is 978. The minimum atomic E-state index is -0.114. The minimum absolute atomic E-state index is 0.114. The summed E-state index contributed by atoms with van der Waals surface area (Å²) in [6, 6.07) is 13.2. The Balaban J connectivity index is 1.69. The number of aromatic nitrogens is 2. The van der Waals surface area contributed by atoms with Gasteiger partial charge in [0.2, 0.25) is 5.91 Å². The first-order chi connectivity index (χ1) is 13.6. The third-order valence-corrected chi connectivity index (χ3v) is 4.84. The van der Waals surface area contributed by atoms with Crippen LogP contribution in [-0.4, -0.2) is 34.8 Å². The Morgan fingerprint density at radius 1 is 1.04 bits per heavy atom. The van der Waals surface area contributed by atoms with Crippen LogP contribution in [0, 0.1) is 6.92 Å². The highest BCUT2D eigenvalue weighted by atomic mass is 32.2. The van der Waals surface area contributed by atoms with Crippen LogP contribution in [0.15, 0.2) is 47.5 Å². The molecule has 1 aromatic heterocycles. The molecule has 0 aliphatic heterocycles. The van der Waals surface area contributed by atoms with E-state index in [-0.39, 0.29) is 11.7 Å². The van der Waals surface area contributed by atoms with E-state index in [2.05, 4.69) is 15.3 Å². The average molecular weight is 398 g/mol. The van der Waals surface area contributed by atoms with Crippen LogP contribution in [0.4, 0.5) is 5.69 Å². The second kappa shape index (κ2) is 9.41. The van der Waals surface area contributed by atoms with E-state index in [1.165, 1.54) is 11.8 Å². The monoisotopic (exact) mass is 397 g/mol. The average Bonchev–Trinajstić information content (AvgIpc) is 2.68. The highest BCUT2D eigenvalue weighted by Gasteiger charge is 2.11. The zero-order chi connectivity index (χ0) is 19.9. The number of anilines is 1. The van der Waals surface area contributed by atoms with Crippen LogP contribution in [0.3, 0.4) is 0 Å². The molecule has 0 radical (unpaired) electrons. The third kappa shape index (κ3) is 4.92. The van der Waals surface area contributed by atoms with Crippen molar-refractivity contribution in [1.29, 1.82) is 0 Å². The standard InChI is InChI=1S/C21H23N3O3S/c1-4-26-18-11-10-15(12-19(18)27-5-2)24-20(25)13-28-21-16-8-6-7-9-17(16)22-14(3)23-21/h6-12H,4-5,13H2,1-3H3,(H,24,25). The summed E-state index contributed by atoms with van der Waals surface area (Å²) in [5.74, 6) is 2.11. The van der Waals surface area contributed by atoms with Crippen molar-refractivity contribution in [2.24, 2.45) is 0 Å². The molecular formula is C21H23N3O3S. The summed E-state index contributed by atoms with van der Waals surface area (Å²) in [4.78, 5) is 21.4. The van der Waals surface area contributed by atoms with E-state index in [9.17, 15) is 4.79 Å². The van der Waals surface area contributed by atoms with E-state index in [1.54, 1.807) is 18.2 Å². The van der Waals surface area contributed by atoms with Crippen molar-refractivity contribution in [1.82, 2.24) is 9.97 Å². The number of hydrogen-bond acceptors (Lipinski definition) is 6. The molecule has 1 amide bonds. The van der Waals surface area contributed by atoms with Crippen LogP contribution in [-0.2, 0) is 4.79 Å². The Labute approximate surface area is 168 Å². The highest BCUT2D eigenvalue weighted by molar-refractivity contribution is 8.00. The Morgan fingerprint density at radius 3 is 2.57 bits per heavy atom. The van der Waals surface area contributed by atoms with Gasteiger partial charge in [-0.1, -0.05) is 30.0 Å². The topological polar surface area (TPSA) is 73.3 Å². The summed E-state index contributed by atoms with van der Waals surface area (Å²) in [6.45, 7) is 6.75. The summed E-state index contributed by atoms with van der Waals surface area (Å²) in [5.41, 5.74) is 1.55. The molecule has 7 heteroatoms. The number of carbonyl (C=O) groups is 1. The molecule has 0 fully saturated rings. The lowest BCUT2D eigenvalue weighted by Crippen LogP contribution is -2.14. The molecule has 3 aromatic rings. The first kappa shape index (κ1) is 19.9. The first-order valence-corrected chi connectivity index (χ1v) is 10.1. The molecule has 0 aliphatic carbocycles. The van der Waals surface area contributed by atoms with Gasteiger partial charge in [-0.25, -0.2) is 9.97 Å². The minimum Gasteiger partial charge on any atom is -0.490 e. The van der Waals surface area contributed by atoms with Gasteiger partial charge in [-0.15, -0.1) is 0 Å². The molecular weight excluding hydrogens is 374 g/mol. The number of nitrogens with zero attached hydrogens (tertiary/aromatic N) is 2. The number of amides is 1. The van der Waals surface area contributed by atoms with E-state index in [0.717, 1.165) is 15.9 Å². The molecule has 1 N–H and O–H groups in total. The van der Waals surface area contributed by atoms with Gasteiger partial charge in [0.25, 0.3) is 0 Å². The lowest BCUT2D eigenvalue weighted by Gasteiger charge is -2.13. The number of para-hydroxylation sites is 1. The SMILES string of the molecule is CCOc1ccc(NC(=O)CSc2nc(C)nc3ccccc23)cc1OCC. The molecule has 28 heavy (non-hydrogen) atoms. The maximum Gasteiger partial charge on any atom is 0.234 e. The van der Waals surface area contributed by atoms with Crippen LogP contribution in [0.25, 0.3) is 10.9 Å². The van der Waals surface area contributed by atoms with Crippen LogP contribution in [0.1, 0.15) is 19.7 Å². The van der Waals surface area contributed by atoms with E-state index in [0.29, 0.717) is 36.2 Å². The van der Waals surface area contributed by atoms with Gasteiger partial charge in [0.15, 0.2) is 11.5 Å². The van der Waals surface area contributed by atoms with Gasteiger partial charge in [-0.2, -0.15) is 0 Å². The quantitative estimate of drug-likeness (QED) is 0.447. The van der Waals surface area contributed by atoms with Crippen molar-refractivity contribution in [2.45, 2.75) is 25.8 Å². The number of thioether (sulfide) groups is 1. The predicted octanol–water partition coefficient (Wildman–Crippen LogP) is 4.47. The molecule has 2 aromatic carbocycles. The molecule has 0 saturated heterocycles. The zero-order valence-electron chi connectivity index (χ0n) is 16.2. The fourth-order valence-corrected chi connectivity index (χ4v) is 3.59. The summed E-state index contributed by atoms with van der Waals surface area (Å²) >= 11 is 1.40. The fourth-order valence-electron chi connectivity index (χ4n) is 2.73. The number of nitrogens with one attached hydrogen (secondary N) is 1. The normalized spacial score (nSPS) is 10.7. The highest BCUT2D eigenvalue weighted by Crippen LogP contribution is 2.31.